The Kier molecular flexibility index (Phi) is 3.24. The van der Waals surface area contributed by atoms with Gasteiger partial charge in [-0.1, -0.05) is 30.3 Å². The largest absolute Gasteiger partial charge is 0.326 e. The van der Waals surface area contributed by atoms with E-state index in [0.717, 1.165) is 16.8 Å². The number of nitrogens with two attached hydrogens (primary N) is 1. The van der Waals surface area contributed by atoms with Crippen LogP contribution in [-0.4, -0.2) is 5.91 Å². The highest BCUT2D eigenvalue weighted by Gasteiger charge is 2.19. The van der Waals surface area contributed by atoms with Gasteiger partial charge in [0, 0.05) is 11.7 Å². The third-order valence-corrected chi connectivity index (χ3v) is 3.58. The van der Waals surface area contributed by atoms with Crippen LogP contribution < -0.4 is 11.1 Å². The Morgan fingerprint density at radius 2 is 2.05 bits per heavy atom. The molecule has 1 atom stereocenters. The number of carbonyl (C=O) groups excluding carboxylic acids is 1. The molecule has 3 nitrogen and oxygen atoms in total. The van der Waals surface area contributed by atoms with Gasteiger partial charge in [-0.25, -0.2) is 4.39 Å². The summed E-state index contributed by atoms with van der Waals surface area (Å²) in [6, 6.07) is 12.0. The molecule has 1 aliphatic rings. The molecular formula is C16H15FN2O. The fourth-order valence-electron chi connectivity index (χ4n) is 2.50. The molecule has 1 unspecified atom stereocenters. The van der Waals surface area contributed by atoms with E-state index in [1.54, 1.807) is 18.2 Å². The predicted octanol–water partition coefficient (Wildman–Crippen LogP) is 2.56. The summed E-state index contributed by atoms with van der Waals surface area (Å²) in [5.74, 6) is -0.235. The third-order valence-electron chi connectivity index (χ3n) is 3.58. The van der Waals surface area contributed by atoms with E-state index in [4.69, 9.17) is 5.73 Å². The van der Waals surface area contributed by atoms with Crippen LogP contribution in [0.4, 0.5) is 10.1 Å². The fraction of sp³-hybridized carbons (Fsp3) is 0.188. The minimum atomic E-state index is -0.284. The molecule has 0 radical (unpaired) electrons. The van der Waals surface area contributed by atoms with Crippen LogP contribution in [0.15, 0.2) is 42.5 Å². The van der Waals surface area contributed by atoms with Gasteiger partial charge in [0.05, 0.1) is 6.42 Å². The number of fused-ring (bicyclic) bond motifs is 1. The van der Waals surface area contributed by atoms with E-state index in [2.05, 4.69) is 5.32 Å². The van der Waals surface area contributed by atoms with Gasteiger partial charge in [-0.3, -0.25) is 4.79 Å². The zero-order valence-corrected chi connectivity index (χ0v) is 10.9. The summed E-state index contributed by atoms with van der Waals surface area (Å²) >= 11 is 0. The zero-order chi connectivity index (χ0) is 14.1. The standard InChI is InChI=1S/C16H15FN2O/c17-13-4-2-1-3-10(13)8-14(18)11-5-6-15-12(7-11)9-16(20)19-15/h1-7,14H,8-9,18H2,(H,19,20). The maximum Gasteiger partial charge on any atom is 0.228 e. The van der Waals surface area contributed by atoms with E-state index >= 15 is 0 Å². The minimum absolute atomic E-state index is 0.000162. The normalized spacial score (nSPS) is 14.8. The first kappa shape index (κ1) is 12.8. The van der Waals surface area contributed by atoms with Crippen molar-refractivity contribution < 1.29 is 9.18 Å². The molecule has 0 fully saturated rings. The van der Waals surface area contributed by atoms with Gasteiger partial charge in [0.2, 0.25) is 5.91 Å². The number of rotatable bonds is 3. The highest BCUT2D eigenvalue weighted by Crippen LogP contribution is 2.27. The lowest BCUT2D eigenvalue weighted by molar-refractivity contribution is -0.115. The van der Waals surface area contributed by atoms with Crippen LogP contribution >= 0.6 is 0 Å². The number of hydrogen-bond acceptors (Lipinski definition) is 2. The van der Waals surface area contributed by atoms with Gasteiger partial charge in [0.1, 0.15) is 5.82 Å². The topological polar surface area (TPSA) is 55.1 Å². The number of benzene rings is 2. The molecule has 0 spiro atoms. The van der Waals surface area contributed by atoms with Crippen molar-refractivity contribution in [1.82, 2.24) is 0 Å². The van der Waals surface area contributed by atoms with Gasteiger partial charge in [-0.05, 0) is 35.2 Å². The van der Waals surface area contributed by atoms with Crippen molar-refractivity contribution in [1.29, 1.82) is 0 Å². The summed E-state index contributed by atoms with van der Waals surface area (Å²) in [5, 5.41) is 2.78. The van der Waals surface area contributed by atoms with E-state index in [1.807, 2.05) is 18.2 Å². The first-order valence-corrected chi connectivity index (χ1v) is 6.55. The summed E-state index contributed by atoms with van der Waals surface area (Å²) in [4.78, 5) is 11.3. The lowest BCUT2D eigenvalue weighted by atomic mass is 9.97. The molecule has 0 aromatic heterocycles. The van der Waals surface area contributed by atoms with E-state index in [1.165, 1.54) is 6.07 Å². The van der Waals surface area contributed by atoms with Crippen LogP contribution in [0.3, 0.4) is 0 Å². The Morgan fingerprint density at radius 1 is 1.25 bits per heavy atom. The fourth-order valence-corrected chi connectivity index (χ4v) is 2.50. The first-order chi connectivity index (χ1) is 9.63. The zero-order valence-electron chi connectivity index (χ0n) is 10.9. The van der Waals surface area contributed by atoms with Gasteiger partial charge in [0.15, 0.2) is 0 Å². The molecule has 20 heavy (non-hydrogen) atoms. The van der Waals surface area contributed by atoms with Gasteiger partial charge in [0.25, 0.3) is 0 Å². The Balaban J connectivity index is 1.82. The van der Waals surface area contributed by atoms with Gasteiger partial charge in [-0.2, -0.15) is 0 Å². The molecule has 0 saturated heterocycles. The van der Waals surface area contributed by atoms with Crippen LogP contribution in [0.25, 0.3) is 0 Å². The van der Waals surface area contributed by atoms with Crippen molar-refractivity contribution in [3.8, 4) is 0 Å². The number of anilines is 1. The summed E-state index contributed by atoms with van der Waals surface area (Å²) in [6.07, 6.45) is 0.822. The SMILES string of the molecule is NC(Cc1ccccc1F)c1ccc2c(c1)CC(=O)N2. The molecule has 1 heterocycles. The average Bonchev–Trinajstić information content (AvgIpc) is 2.80. The summed E-state index contributed by atoms with van der Waals surface area (Å²) in [5.41, 5.74) is 9.48. The van der Waals surface area contributed by atoms with E-state index in [0.29, 0.717) is 18.4 Å². The Bertz CT molecular complexity index is 669. The van der Waals surface area contributed by atoms with E-state index < -0.39 is 0 Å². The highest BCUT2D eigenvalue weighted by atomic mass is 19.1. The monoisotopic (exact) mass is 270 g/mol. The van der Waals surface area contributed by atoms with E-state index in [9.17, 15) is 9.18 Å². The summed E-state index contributed by atoms with van der Waals surface area (Å²) in [7, 11) is 0. The van der Waals surface area contributed by atoms with Crippen molar-refractivity contribution in [2.45, 2.75) is 18.9 Å². The smallest absolute Gasteiger partial charge is 0.228 e. The second kappa shape index (κ2) is 5.06. The second-order valence-corrected chi connectivity index (χ2v) is 5.04. The Labute approximate surface area is 116 Å². The van der Waals surface area contributed by atoms with Gasteiger partial charge in [-0.15, -0.1) is 0 Å². The number of carbonyl (C=O) groups is 1. The molecule has 0 aliphatic carbocycles. The predicted molar refractivity (Wildman–Crippen MR) is 75.8 cm³/mol. The molecule has 4 heteroatoms. The second-order valence-electron chi connectivity index (χ2n) is 5.04. The lowest BCUT2D eigenvalue weighted by Gasteiger charge is -2.14. The molecule has 102 valence electrons. The average molecular weight is 270 g/mol. The molecule has 3 N–H and O–H groups in total. The van der Waals surface area contributed by atoms with Crippen molar-refractivity contribution in [2.24, 2.45) is 5.73 Å². The maximum absolute atomic E-state index is 13.6. The van der Waals surface area contributed by atoms with Crippen molar-refractivity contribution >= 4 is 11.6 Å². The summed E-state index contributed by atoms with van der Waals surface area (Å²) in [6.45, 7) is 0. The van der Waals surface area contributed by atoms with Crippen LogP contribution in [0.1, 0.15) is 22.7 Å². The molecule has 3 rings (SSSR count). The minimum Gasteiger partial charge on any atom is -0.326 e. The Morgan fingerprint density at radius 3 is 2.85 bits per heavy atom. The first-order valence-electron chi connectivity index (χ1n) is 6.55. The molecule has 0 saturated carbocycles. The van der Waals surface area contributed by atoms with Crippen molar-refractivity contribution in [2.75, 3.05) is 5.32 Å². The Hall–Kier alpha value is -2.20. The number of nitrogens with one attached hydrogen (secondary N) is 1. The molecule has 2 aromatic carbocycles. The van der Waals surface area contributed by atoms with Crippen molar-refractivity contribution in [3.05, 3.63) is 65.0 Å². The molecule has 1 aliphatic heterocycles. The van der Waals surface area contributed by atoms with E-state index in [-0.39, 0.29) is 17.8 Å². The molecule has 1 amide bonds. The maximum atomic E-state index is 13.6. The number of amides is 1. The quantitative estimate of drug-likeness (QED) is 0.900. The van der Waals surface area contributed by atoms with Gasteiger partial charge >= 0.3 is 0 Å². The van der Waals surface area contributed by atoms with Crippen molar-refractivity contribution in [3.63, 3.8) is 0 Å². The lowest BCUT2D eigenvalue weighted by Crippen LogP contribution is -2.14. The number of hydrogen-bond donors (Lipinski definition) is 2. The summed E-state index contributed by atoms with van der Waals surface area (Å²) < 4.78 is 13.6. The number of halogens is 1. The molecular weight excluding hydrogens is 255 g/mol. The van der Waals surface area contributed by atoms with Crippen LogP contribution in [-0.2, 0) is 17.6 Å². The van der Waals surface area contributed by atoms with Gasteiger partial charge < -0.3 is 11.1 Å². The van der Waals surface area contributed by atoms with Crippen LogP contribution in [0, 0.1) is 5.82 Å². The molecule has 2 aromatic rings. The van der Waals surface area contributed by atoms with Crippen LogP contribution in [0.5, 0.6) is 0 Å². The molecule has 0 bridgehead atoms. The third kappa shape index (κ3) is 2.42. The highest BCUT2D eigenvalue weighted by molar-refractivity contribution is 5.99. The van der Waals surface area contributed by atoms with Crippen LogP contribution in [0.2, 0.25) is 0 Å².